The van der Waals surface area contributed by atoms with Crippen LogP contribution in [-0.2, 0) is 29.8 Å². The second kappa shape index (κ2) is 11.3. The molecule has 2 aromatic rings. The number of esters is 1. The molecule has 0 radical (unpaired) electrons. The van der Waals surface area contributed by atoms with E-state index in [-0.39, 0.29) is 18.8 Å². The van der Waals surface area contributed by atoms with E-state index in [2.05, 4.69) is 0 Å². The lowest BCUT2D eigenvalue weighted by Gasteiger charge is -2.19. The van der Waals surface area contributed by atoms with Crippen molar-refractivity contribution in [2.75, 3.05) is 19.4 Å². The van der Waals surface area contributed by atoms with Gasteiger partial charge in [-0.25, -0.2) is 4.39 Å². The van der Waals surface area contributed by atoms with Gasteiger partial charge in [0.25, 0.3) is 0 Å². The summed E-state index contributed by atoms with van der Waals surface area (Å²) in [4.78, 5) is 12.2. The predicted octanol–water partition coefficient (Wildman–Crippen LogP) is 5.58. The minimum Gasteiger partial charge on any atom is -0.489 e. The Morgan fingerprint density at radius 3 is 2.27 bits per heavy atom. The van der Waals surface area contributed by atoms with Crippen molar-refractivity contribution in [2.45, 2.75) is 40.4 Å². The topological polar surface area (TPSA) is 71.1 Å². The fourth-order valence-electron chi connectivity index (χ4n) is 2.76. The minimum absolute atomic E-state index is 0.138. The van der Waals surface area contributed by atoms with Crippen LogP contribution in [0.1, 0.15) is 43.6 Å². The third-order valence-electron chi connectivity index (χ3n) is 4.22. The lowest BCUT2D eigenvalue weighted by molar-refractivity contribution is -0.145. The number of ether oxygens (including phenoxy) is 2. The van der Waals surface area contributed by atoms with Crippen molar-refractivity contribution in [3.8, 4) is 5.75 Å². The Balaban J connectivity index is 1.97. The van der Waals surface area contributed by atoms with Gasteiger partial charge in [-0.1, -0.05) is 29.8 Å². The largest absolute Gasteiger partial charge is 0.489 e. The molecule has 0 aliphatic carbocycles. The zero-order chi connectivity index (χ0) is 22.1. The van der Waals surface area contributed by atoms with E-state index in [1.807, 2.05) is 31.2 Å². The Morgan fingerprint density at radius 1 is 1.07 bits per heavy atom. The van der Waals surface area contributed by atoms with E-state index >= 15 is 0 Å². The molecule has 1 unspecified atom stereocenters. The molecular formula is C22H28FO6P. The molecule has 164 valence electrons. The van der Waals surface area contributed by atoms with Crippen LogP contribution in [0.2, 0.25) is 0 Å². The van der Waals surface area contributed by atoms with Crippen LogP contribution in [0.25, 0.3) is 0 Å². The van der Waals surface area contributed by atoms with Crippen molar-refractivity contribution in [2.24, 2.45) is 0 Å². The van der Waals surface area contributed by atoms with E-state index in [1.165, 1.54) is 19.1 Å². The Hall–Kier alpha value is -2.21. The first-order chi connectivity index (χ1) is 14.3. The van der Waals surface area contributed by atoms with Gasteiger partial charge in [-0.2, -0.15) is 0 Å². The van der Waals surface area contributed by atoms with Gasteiger partial charge in [-0.15, -0.1) is 0 Å². The smallest absolute Gasteiger partial charge is 0.341 e. The summed E-state index contributed by atoms with van der Waals surface area (Å²) in [5, 5.41) is 0. The standard InChI is InChI=1S/C22H28FO6P/c1-5-27-30(25,28-6-2)15-22(24)29-17(4)20-12-11-19(13-21(20)23)26-14-18-9-7-16(3)8-10-18/h7-13,17H,5-6,14-15H2,1-4H3. The summed E-state index contributed by atoms with van der Waals surface area (Å²) in [5.41, 5.74) is 2.31. The van der Waals surface area contributed by atoms with Crippen molar-refractivity contribution in [1.29, 1.82) is 0 Å². The number of hydrogen-bond acceptors (Lipinski definition) is 6. The van der Waals surface area contributed by atoms with Crippen LogP contribution >= 0.6 is 7.60 Å². The molecule has 0 aliphatic heterocycles. The molecule has 30 heavy (non-hydrogen) atoms. The quantitative estimate of drug-likeness (QED) is 0.337. The third-order valence-corrected chi connectivity index (χ3v) is 6.17. The zero-order valence-corrected chi connectivity index (χ0v) is 18.6. The van der Waals surface area contributed by atoms with E-state index < -0.39 is 31.6 Å². The van der Waals surface area contributed by atoms with Crippen molar-refractivity contribution in [3.05, 3.63) is 65.0 Å². The fourth-order valence-corrected chi connectivity index (χ4v) is 4.19. The van der Waals surface area contributed by atoms with Gasteiger partial charge in [0.1, 0.15) is 30.4 Å². The van der Waals surface area contributed by atoms with Crippen LogP contribution in [-0.4, -0.2) is 25.3 Å². The molecule has 0 saturated heterocycles. The van der Waals surface area contributed by atoms with Crippen LogP contribution in [0.4, 0.5) is 4.39 Å². The van der Waals surface area contributed by atoms with Gasteiger partial charge in [0.05, 0.1) is 13.2 Å². The van der Waals surface area contributed by atoms with Gasteiger partial charge < -0.3 is 18.5 Å². The minimum atomic E-state index is -3.57. The molecule has 0 aromatic heterocycles. The number of halogens is 1. The summed E-state index contributed by atoms with van der Waals surface area (Å²) in [6.07, 6.45) is -1.40. The van der Waals surface area contributed by atoms with E-state index in [1.54, 1.807) is 19.9 Å². The van der Waals surface area contributed by atoms with Gasteiger partial charge in [0.15, 0.2) is 0 Å². The third kappa shape index (κ3) is 7.24. The number of benzene rings is 2. The van der Waals surface area contributed by atoms with Crippen molar-refractivity contribution in [1.82, 2.24) is 0 Å². The van der Waals surface area contributed by atoms with Crippen LogP contribution in [0, 0.1) is 12.7 Å². The van der Waals surface area contributed by atoms with Crippen molar-refractivity contribution < 1.29 is 32.3 Å². The number of hydrogen-bond donors (Lipinski definition) is 0. The first-order valence-electron chi connectivity index (χ1n) is 9.81. The molecule has 8 heteroatoms. The lowest BCUT2D eigenvalue weighted by Crippen LogP contribution is -2.16. The zero-order valence-electron chi connectivity index (χ0n) is 17.7. The van der Waals surface area contributed by atoms with E-state index in [4.69, 9.17) is 18.5 Å². The highest BCUT2D eigenvalue weighted by Crippen LogP contribution is 2.48. The molecule has 0 fully saturated rings. The van der Waals surface area contributed by atoms with Crippen LogP contribution < -0.4 is 4.74 Å². The molecule has 0 amide bonds. The van der Waals surface area contributed by atoms with Crippen LogP contribution in [0.5, 0.6) is 5.75 Å². The normalized spacial score (nSPS) is 12.4. The van der Waals surface area contributed by atoms with Gasteiger partial charge in [-0.3, -0.25) is 9.36 Å². The van der Waals surface area contributed by atoms with Crippen LogP contribution in [0.3, 0.4) is 0 Å². The highest BCUT2D eigenvalue weighted by molar-refractivity contribution is 7.54. The number of carbonyl (C=O) groups excluding carboxylic acids is 1. The summed E-state index contributed by atoms with van der Waals surface area (Å²) in [7, 11) is -3.57. The summed E-state index contributed by atoms with van der Waals surface area (Å²) >= 11 is 0. The van der Waals surface area contributed by atoms with Gasteiger partial charge >= 0.3 is 13.6 Å². The van der Waals surface area contributed by atoms with E-state index in [0.717, 1.165) is 11.1 Å². The van der Waals surface area contributed by atoms with Crippen LogP contribution in [0.15, 0.2) is 42.5 Å². The summed E-state index contributed by atoms with van der Waals surface area (Å²) in [6.45, 7) is 7.43. The maximum absolute atomic E-state index is 14.5. The second-order valence-electron chi connectivity index (χ2n) is 6.69. The average molecular weight is 438 g/mol. The highest BCUT2D eigenvalue weighted by atomic mass is 31.2. The monoisotopic (exact) mass is 438 g/mol. The molecule has 6 nitrogen and oxygen atoms in total. The molecular weight excluding hydrogens is 410 g/mol. The first-order valence-corrected chi connectivity index (χ1v) is 11.5. The summed E-state index contributed by atoms with van der Waals surface area (Å²) < 4.78 is 48.0. The van der Waals surface area contributed by atoms with E-state index in [9.17, 15) is 13.8 Å². The number of carbonyl (C=O) groups is 1. The summed E-state index contributed by atoms with van der Waals surface area (Å²) in [5.74, 6) is -0.978. The van der Waals surface area contributed by atoms with Gasteiger partial charge in [0.2, 0.25) is 0 Å². The molecule has 0 saturated carbocycles. The van der Waals surface area contributed by atoms with Gasteiger partial charge in [-0.05, 0) is 45.4 Å². The number of aryl methyl sites for hydroxylation is 1. The fraction of sp³-hybridized carbons (Fsp3) is 0.409. The number of rotatable bonds is 11. The lowest BCUT2D eigenvalue weighted by atomic mass is 10.1. The maximum atomic E-state index is 14.5. The Bertz CT molecular complexity index is 874. The predicted molar refractivity (Wildman–Crippen MR) is 112 cm³/mol. The first kappa shape index (κ1) is 24.1. The SMILES string of the molecule is CCOP(=O)(CC(=O)OC(C)c1ccc(OCc2ccc(C)cc2)cc1F)OCC. The van der Waals surface area contributed by atoms with E-state index in [0.29, 0.717) is 12.4 Å². The Morgan fingerprint density at radius 2 is 1.70 bits per heavy atom. The Labute approximate surface area is 176 Å². The summed E-state index contributed by atoms with van der Waals surface area (Å²) in [6, 6.07) is 12.2. The molecule has 0 bridgehead atoms. The molecule has 2 rings (SSSR count). The molecule has 2 aromatic carbocycles. The molecule has 1 atom stereocenters. The Kier molecular flexibility index (Phi) is 9.03. The van der Waals surface area contributed by atoms with Crippen molar-refractivity contribution in [3.63, 3.8) is 0 Å². The second-order valence-corrected chi connectivity index (χ2v) is 8.75. The molecule has 0 spiro atoms. The molecule has 0 heterocycles. The average Bonchev–Trinajstić information content (AvgIpc) is 2.67. The molecule has 0 N–H and O–H groups in total. The maximum Gasteiger partial charge on any atom is 0.341 e. The van der Waals surface area contributed by atoms with Gasteiger partial charge in [0, 0.05) is 11.6 Å². The highest BCUT2D eigenvalue weighted by Gasteiger charge is 2.30. The molecule has 0 aliphatic rings. The van der Waals surface area contributed by atoms with Crippen molar-refractivity contribution >= 4 is 13.6 Å².